The van der Waals surface area contributed by atoms with Crippen molar-refractivity contribution in [1.29, 1.82) is 0 Å². The molecule has 3 aromatic rings. The highest BCUT2D eigenvalue weighted by molar-refractivity contribution is 7.21. The number of thiazole rings is 1. The number of aliphatic hydroxyl groups is 2. The van der Waals surface area contributed by atoms with E-state index in [1.54, 1.807) is 6.20 Å². The molecule has 0 spiro atoms. The first-order valence-electron chi connectivity index (χ1n) is 8.25. The zero-order valence-electron chi connectivity index (χ0n) is 13.7. The van der Waals surface area contributed by atoms with E-state index < -0.39 is 24.2 Å². The summed E-state index contributed by atoms with van der Waals surface area (Å²) in [6.07, 6.45) is -0.860. The Hall–Kier alpha value is -2.36. The highest BCUT2D eigenvalue weighted by Crippen LogP contribution is 2.36. The van der Waals surface area contributed by atoms with Crippen LogP contribution in [0.3, 0.4) is 0 Å². The molecule has 26 heavy (non-hydrogen) atoms. The summed E-state index contributed by atoms with van der Waals surface area (Å²) in [5.41, 5.74) is 7.18. The van der Waals surface area contributed by atoms with E-state index in [4.69, 9.17) is 5.73 Å². The normalized spacial score (nSPS) is 25.7. The van der Waals surface area contributed by atoms with E-state index >= 15 is 0 Å². The number of nitrogen functional groups attached to an aromatic ring is 1. The number of hydrogen-bond acceptors (Lipinski definition) is 8. The van der Waals surface area contributed by atoms with Gasteiger partial charge in [0.05, 0.1) is 27.9 Å². The zero-order chi connectivity index (χ0) is 18.3. The quantitative estimate of drug-likeness (QED) is 0.549. The van der Waals surface area contributed by atoms with E-state index in [0.717, 1.165) is 10.2 Å². The molecule has 2 aromatic heterocycles. The van der Waals surface area contributed by atoms with E-state index in [-0.39, 0.29) is 12.6 Å². The summed E-state index contributed by atoms with van der Waals surface area (Å²) in [7, 11) is 0. The number of aromatic nitrogens is 3. The zero-order valence-corrected chi connectivity index (χ0v) is 14.5. The highest BCUT2D eigenvalue weighted by Gasteiger charge is 2.43. The summed E-state index contributed by atoms with van der Waals surface area (Å²) in [5.74, 6) is -0.0763. The van der Waals surface area contributed by atoms with Crippen molar-refractivity contribution >= 4 is 33.3 Å². The number of anilines is 2. The number of benzene rings is 1. The fraction of sp³-hybridized carbons (Fsp3) is 0.353. The largest absolute Gasteiger partial charge is 0.396 e. The van der Waals surface area contributed by atoms with Gasteiger partial charge in [-0.15, -0.1) is 11.3 Å². The van der Waals surface area contributed by atoms with E-state index in [1.807, 2.05) is 24.3 Å². The van der Waals surface area contributed by atoms with Crippen molar-refractivity contribution < 1.29 is 14.6 Å². The number of nitrogens with one attached hydrogen (secondary N) is 1. The lowest BCUT2D eigenvalue weighted by Gasteiger charge is -2.18. The third-order valence-corrected chi connectivity index (χ3v) is 5.71. The average molecular weight is 375 g/mol. The Bertz CT molecular complexity index is 903. The van der Waals surface area contributed by atoms with Crippen molar-refractivity contribution in [1.82, 2.24) is 15.0 Å². The topological polar surface area (TPSA) is 117 Å². The number of halogens is 1. The third kappa shape index (κ3) is 2.98. The van der Waals surface area contributed by atoms with Crippen LogP contribution in [-0.2, 0) is 0 Å². The minimum atomic E-state index is -1.51. The van der Waals surface area contributed by atoms with Crippen molar-refractivity contribution in [2.75, 3.05) is 17.7 Å². The van der Waals surface area contributed by atoms with E-state index in [9.17, 15) is 14.6 Å². The third-order valence-electron chi connectivity index (χ3n) is 4.64. The Kier molecular flexibility index (Phi) is 4.43. The first kappa shape index (κ1) is 17.1. The maximum absolute atomic E-state index is 14.4. The van der Waals surface area contributed by atoms with Gasteiger partial charge in [-0.3, -0.25) is 0 Å². The summed E-state index contributed by atoms with van der Waals surface area (Å²) in [6, 6.07) is 7.05. The first-order valence-corrected chi connectivity index (χ1v) is 9.06. The minimum absolute atomic E-state index is 0.0602. The molecule has 5 N–H and O–H groups in total. The number of aliphatic hydroxyl groups excluding tert-OH is 2. The number of hydrogen-bond donors (Lipinski definition) is 4. The summed E-state index contributed by atoms with van der Waals surface area (Å²) in [4.78, 5) is 12.8. The van der Waals surface area contributed by atoms with Gasteiger partial charge in [-0.2, -0.15) is 4.98 Å². The fourth-order valence-electron chi connectivity index (χ4n) is 3.24. The van der Waals surface area contributed by atoms with Crippen molar-refractivity contribution in [2.24, 2.45) is 5.92 Å². The number of nitrogens with two attached hydrogens (primary N) is 1. The summed E-state index contributed by atoms with van der Waals surface area (Å²) in [5, 5.41) is 22.9. The van der Waals surface area contributed by atoms with Crippen LogP contribution in [0.2, 0.25) is 0 Å². The van der Waals surface area contributed by atoms with Crippen molar-refractivity contribution in [3.8, 4) is 10.6 Å². The molecule has 0 unspecified atom stereocenters. The molecule has 7 nitrogen and oxygen atoms in total. The number of fused-ring (bicyclic) bond motifs is 1. The fourth-order valence-corrected chi connectivity index (χ4v) is 4.22. The van der Waals surface area contributed by atoms with Crippen LogP contribution in [0.4, 0.5) is 16.2 Å². The molecule has 0 saturated heterocycles. The Morgan fingerprint density at radius 1 is 1.31 bits per heavy atom. The van der Waals surface area contributed by atoms with Gasteiger partial charge in [0.25, 0.3) is 0 Å². The monoisotopic (exact) mass is 375 g/mol. The van der Waals surface area contributed by atoms with Crippen LogP contribution >= 0.6 is 11.3 Å². The second-order valence-corrected chi connectivity index (χ2v) is 7.37. The molecular formula is C17H18FN5O2S. The Balaban J connectivity index is 1.69. The molecule has 4 atom stereocenters. The van der Waals surface area contributed by atoms with Gasteiger partial charge >= 0.3 is 0 Å². The molecule has 1 aliphatic rings. The minimum Gasteiger partial charge on any atom is -0.396 e. The summed E-state index contributed by atoms with van der Waals surface area (Å²) in [6.45, 7) is -0.267. The molecule has 0 radical (unpaired) electrons. The van der Waals surface area contributed by atoms with E-state index in [1.165, 1.54) is 11.3 Å². The SMILES string of the molecule is Nc1ncc(-c2nc3ccccc3s2)c(N[C@@H]2C[C@H](CO)[C@@H](O)[C@@H]2F)n1. The Morgan fingerprint density at radius 3 is 2.85 bits per heavy atom. The van der Waals surface area contributed by atoms with Gasteiger partial charge in [-0.1, -0.05) is 12.1 Å². The van der Waals surface area contributed by atoms with Gasteiger partial charge in [-0.25, -0.2) is 14.4 Å². The molecule has 136 valence electrons. The second kappa shape index (κ2) is 6.75. The number of para-hydroxylation sites is 1. The highest BCUT2D eigenvalue weighted by atomic mass is 32.1. The van der Waals surface area contributed by atoms with E-state index in [2.05, 4.69) is 20.3 Å². The van der Waals surface area contributed by atoms with Crippen LogP contribution in [-0.4, -0.2) is 50.1 Å². The van der Waals surface area contributed by atoms with Gasteiger partial charge in [-0.05, 0) is 18.6 Å². The van der Waals surface area contributed by atoms with Crippen LogP contribution in [0.1, 0.15) is 6.42 Å². The lowest BCUT2D eigenvalue weighted by atomic mass is 10.1. The smallest absolute Gasteiger partial charge is 0.221 e. The molecule has 0 amide bonds. The van der Waals surface area contributed by atoms with Crippen LogP contribution in [0, 0.1) is 5.92 Å². The summed E-state index contributed by atoms with van der Waals surface area (Å²) >= 11 is 1.48. The average Bonchev–Trinajstić information content (AvgIpc) is 3.18. The standard InChI is InChI=1S/C17H18FN5O2S/c18-13-11(5-8(7-24)14(13)25)21-15-9(6-20-17(19)23-15)16-22-10-3-1-2-4-12(10)26-16/h1-4,6,8,11,13-14,24-25H,5,7H2,(H3,19,20,21,23)/t8-,11-,13-,14-/m1/s1. The first-order chi connectivity index (χ1) is 12.6. The van der Waals surface area contributed by atoms with Gasteiger partial charge in [0.2, 0.25) is 5.95 Å². The van der Waals surface area contributed by atoms with Crippen LogP contribution in [0.25, 0.3) is 20.8 Å². The molecule has 2 heterocycles. The van der Waals surface area contributed by atoms with Gasteiger partial charge < -0.3 is 21.3 Å². The number of nitrogens with zero attached hydrogens (tertiary/aromatic N) is 3. The van der Waals surface area contributed by atoms with Crippen LogP contribution < -0.4 is 11.1 Å². The molecule has 0 bridgehead atoms. The number of alkyl halides is 1. The van der Waals surface area contributed by atoms with Crippen molar-refractivity contribution in [2.45, 2.75) is 24.7 Å². The molecule has 1 saturated carbocycles. The maximum atomic E-state index is 14.4. The molecule has 9 heteroatoms. The van der Waals surface area contributed by atoms with Crippen LogP contribution in [0.15, 0.2) is 30.5 Å². The lowest BCUT2D eigenvalue weighted by Crippen LogP contribution is -2.32. The van der Waals surface area contributed by atoms with Crippen molar-refractivity contribution in [3.05, 3.63) is 30.5 Å². The summed E-state index contributed by atoms with van der Waals surface area (Å²) < 4.78 is 15.4. The van der Waals surface area contributed by atoms with Crippen LogP contribution in [0.5, 0.6) is 0 Å². The van der Waals surface area contributed by atoms with Crippen molar-refractivity contribution in [3.63, 3.8) is 0 Å². The van der Waals surface area contributed by atoms with E-state index in [0.29, 0.717) is 22.8 Å². The second-order valence-electron chi connectivity index (χ2n) is 6.34. The Labute approximate surface area is 152 Å². The number of rotatable bonds is 4. The molecule has 4 rings (SSSR count). The molecule has 1 aliphatic carbocycles. The lowest BCUT2D eigenvalue weighted by molar-refractivity contribution is 0.0444. The predicted octanol–water partition coefficient (Wildman–Crippen LogP) is 1.83. The van der Waals surface area contributed by atoms with Gasteiger partial charge in [0.15, 0.2) is 0 Å². The molecule has 0 aliphatic heterocycles. The van der Waals surface area contributed by atoms with Gasteiger partial charge in [0, 0.05) is 18.7 Å². The Morgan fingerprint density at radius 2 is 2.12 bits per heavy atom. The molecular weight excluding hydrogens is 357 g/mol. The molecule has 1 aromatic carbocycles. The predicted molar refractivity (Wildman–Crippen MR) is 98.6 cm³/mol. The van der Waals surface area contributed by atoms with Gasteiger partial charge in [0.1, 0.15) is 17.0 Å². The molecule has 1 fully saturated rings. The maximum Gasteiger partial charge on any atom is 0.221 e.